The number of alkyl halides is 2. The Morgan fingerprint density at radius 2 is 1.93 bits per heavy atom. The average molecular weight is 217 g/mol. The lowest BCUT2D eigenvalue weighted by Crippen LogP contribution is -2.47. The number of fused-ring (bicyclic) bond motifs is 1. The Labute approximate surface area is 88.3 Å². The Kier molecular flexibility index (Phi) is 1.81. The fourth-order valence-corrected chi connectivity index (χ4v) is 4.12. The van der Waals surface area contributed by atoms with Gasteiger partial charge in [-0.3, -0.25) is 4.90 Å². The molecular formula is C11H17F2NO. The molecule has 0 amide bonds. The molecule has 1 aliphatic carbocycles. The molecule has 2 aliphatic heterocycles. The van der Waals surface area contributed by atoms with Crippen LogP contribution in [0.2, 0.25) is 0 Å². The number of hydrogen-bond acceptors (Lipinski definition) is 2. The van der Waals surface area contributed by atoms with Crippen molar-refractivity contribution in [1.29, 1.82) is 0 Å². The van der Waals surface area contributed by atoms with Crippen molar-refractivity contribution >= 4 is 0 Å². The minimum atomic E-state index is -2.43. The van der Waals surface area contributed by atoms with E-state index in [4.69, 9.17) is 0 Å². The summed E-state index contributed by atoms with van der Waals surface area (Å²) in [5.74, 6) is -2.43. The molecule has 15 heavy (non-hydrogen) atoms. The zero-order chi connectivity index (χ0) is 10.7. The van der Waals surface area contributed by atoms with E-state index in [-0.39, 0.29) is 30.4 Å². The van der Waals surface area contributed by atoms with Gasteiger partial charge in [-0.25, -0.2) is 8.78 Å². The lowest BCUT2D eigenvalue weighted by molar-refractivity contribution is -0.157. The summed E-state index contributed by atoms with van der Waals surface area (Å²) in [5.41, 5.74) is -0.316. The van der Waals surface area contributed by atoms with Gasteiger partial charge in [0.1, 0.15) is 0 Å². The second-order valence-electron chi connectivity index (χ2n) is 5.79. The predicted octanol–water partition coefficient (Wildman–Crippen LogP) is 1.63. The highest BCUT2D eigenvalue weighted by atomic mass is 19.3. The zero-order valence-corrected chi connectivity index (χ0v) is 8.81. The van der Waals surface area contributed by atoms with Crippen LogP contribution in [-0.2, 0) is 0 Å². The fraction of sp³-hybridized carbons (Fsp3) is 1.00. The van der Waals surface area contributed by atoms with Crippen LogP contribution in [0.25, 0.3) is 0 Å². The molecule has 1 saturated carbocycles. The first-order valence-corrected chi connectivity index (χ1v) is 5.73. The molecule has 1 unspecified atom stereocenters. The highest BCUT2D eigenvalue weighted by Gasteiger charge is 2.65. The largest absolute Gasteiger partial charge is 0.394 e. The van der Waals surface area contributed by atoms with E-state index in [1.165, 1.54) is 0 Å². The molecule has 1 N–H and O–H groups in total. The number of hydrogen-bond donors (Lipinski definition) is 1. The summed E-state index contributed by atoms with van der Waals surface area (Å²) < 4.78 is 25.9. The van der Waals surface area contributed by atoms with Gasteiger partial charge in [-0.05, 0) is 31.2 Å². The molecule has 0 bridgehead atoms. The highest BCUT2D eigenvalue weighted by Crippen LogP contribution is 2.61. The van der Waals surface area contributed by atoms with Gasteiger partial charge in [-0.1, -0.05) is 0 Å². The summed E-state index contributed by atoms with van der Waals surface area (Å²) in [7, 11) is 0. The van der Waals surface area contributed by atoms with Crippen LogP contribution in [0.1, 0.15) is 32.1 Å². The molecule has 4 heteroatoms. The zero-order valence-electron chi connectivity index (χ0n) is 8.81. The van der Waals surface area contributed by atoms with E-state index < -0.39 is 5.92 Å². The summed E-state index contributed by atoms with van der Waals surface area (Å²) in [6.45, 7) is 1.90. The minimum Gasteiger partial charge on any atom is -0.394 e. The highest BCUT2D eigenvalue weighted by molar-refractivity contribution is 5.14. The number of rotatable bonds is 1. The molecule has 0 aromatic heterocycles. The van der Waals surface area contributed by atoms with Crippen molar-refractivity contribution in [3.63, 3.8) is 0 Å². The van der Waals surface area contributed by atoms with E-state index in [1.54, 1.807) is 0 Å². The Morgan fingerprint density at radius 1 is 1.20 bits per heavy atom. The Hall–Kier alpha value is -0.220. The SMILES string of the molecule is OCC12CCCN1CC1(CC(F)(F)C1)C2. The lowest BCUT2D eigenvalue weighted by Gasteiger charge is -2.45. The molecule has 3 aliphatic rings. The first-order chi connectivity index (χ1) is 6.99. The molecule has 2 nitrogen and oxygen atoms in total. The van der Waals surface area contributed by atoms with E-state index in [0.29, 0.717) is 0 Å². The van der Waals surface area contributed by atoms with Gasteiger partial charge in [0.2, 0.25) is 5.92 Å². The summed E-state index contributed by atoms with van der Waals surface area (Å²) in [4.78, 5) is 2.25. The van der Waals surface area contributed by atoms with Gasteiger partial charge < -0.3 is 5.11 Å². The number of nitrogens with zero attached hydrogens (tertiary/aromatic N) is 1. The summed E-state index contributed by atoms with van der Waals surface area (Å²) >= 11 is 0. The normalized spacial score (nSPS) is 41.8. The van der Waals surface area contributed by atoms with Gasteiger partial charge in [-0.2, -0.15) is 0 Å². The van der Waals surface area contributed by atoms with E-state index in [2.05, 4.69) is 4.90 Å². The second kappa shape index (κ2) is 2.72. The average Bonchev–Trinajstić information content (AvgIpc) is 2.55. The van der Waals surface area contributed by atoms with Crippen LogP contribution in [0.15, 0.2) is 0 Å². The first kappa shape index (κ1) is 9.97. The monoisotopic (exact) mass is 217 g/mol. The third-order valence-corrected chi connectivity index (χ3v) is 4.53. The van der Waals surface area contributed by atoms with Crippen LogP contribution in [0.5, 0.6) is 0 Å². The standard InChI is InChI=1S/C11H17F2NO/c12-11(13)5-9(6-11)4-10(8-15)2-1-3-14(10)7-9/h15H,1-8H2. The van der Waals surface area contributed by atoms with Crippen molar-refractivity contribution in [3.05, 3.63) is 0 Å². The Bertz CT molecular complexity index is 286. The van der Waals surface area contributed by atoms with E-state index >= 15 is 0 Å². The van der Waals surface area contributed by atoms with Gasteiger partial charge in [0.15, 0.2) is 0 Å². The van der Waals surface area contributed by atoms with Crippen molar-refractivity contribution < 1.29 is 13.9 Å². The molecule has 3 rings (SSSR count). The lowest BCUT2D eigenvalue weighted by atomic mass is 9.63. The number of aliphatic hydroxyl groups excluding tert-OH is 1. The van der Waals surface area contributed by atoms with Crippen LogP contribution in [0.3, 0.4) is 0 Å². The smallest absolute Gasteiger partial charge is 0.249 e. The van der Waals surface area contributed by atoms with Crippen molar-refractivity contribution in [2.75, 3.05) is 19.7 Å². The molecule has 3 fully saturated rings. The van der Waals surface area contributed by atoms with E-state index in [9.17, 15) is 13.9 Å². The fourth-order valence-electron chi connectivity index (χ4n) is 4.12. The molecular weight excluding hydrogens is 200 g/mol. The Morgan fingerprint density at radius 3 is 2.47 bits per heavy atom. The van der Waals surface area contributed by atoms with Crippen LogP contribution >= 0.6 is 0 Å². The van der Waals surface area contributed by atoms with Crippen LogP contribution in [-0.4, -0.2) is 41.2 Å². The van der Waals surface area contributed by atoms with Gasteiger partial charge in [0.25, 0.3) is 0 Å². The van der Waals surface area contributed by atoms with Gasteiger partial charge in [0, 0.05) is 24.9 Å². The van der Waals surface area contributed by atoms with Crippen LogP contribution in [0.4, 0.5) is 8.78 Å². The number of halogens is 2. The molecule has 2 heterocycles. The molecule has 86 valence electrons. The van der Waals surface area contributed by atoms with Crippen molar-refractivity contribution in [2.24, 2.45) is 5.41 Å². The van der Waals surface area contributed by atoms with E-state index in [0.717, 1.165) is 32.4 Å². The summed E-state index contributed by atoms with van der Waals surface area (Å²) in [5, 5.41) is 9.48. The summed E-state index contributed by atoms with van der Waals surface area (Å²) in [6.07, 6.45) is 2.95. The molecule has 2 saturated heterocycles. The van der Waals surface area contributed by atoms with Gasteiger partial charge in [-0.15, -0.1) is 0 Å². The molecule has 1 spiro atoms. The molecule has 0 aromatic carbocycles. The minimum absolute atomic E-state index is 0.0399. The topological polar surface area (TPSA) is 23.5 Å². The quantitative estimate of drug-likeness (QED) is 0.721. The van der Waals surface area contributed by atoms with Crippen molar-refractivity contribution in [3.8, 4) is 0 Å². The van der Waals surface area contributed by atoms with Crippen molar-refractivity contribution in [2.45, 2.75) is 43.6 Å². The second-order valence-corrected chi connectivity index (χ2v) is 5.79. The number of aliphatic hydroxyl groups is 1. The third-order valence-electron chi connectivity index (χ3n) is 4.53. The van der Waals surface area contributed by atoms with Gasteiger partial charge >= 0.3 is 0 Å². The maximum absolute atomic E-state index is 13.0. The predicted molar refractivity (Wildman–Crippen MR) is 51.9 cm³/mol. The Balaban J connectivity index is 1.79. The summed E-state index contributed by atoms with van der Waals surface area (Å²) in [6, 6.07) is 0. The molecule has 1 atom stereocenters. The molecule has 0 radical (unpaired) electrons. The maximum Gasteiger partial charge on any atom is 0.249 e. The first-order valence-electron chi connectivity index (χ1n) is 5.73. The van der Waals surface area contributed by atoms with Crippen LogP contribution < -0.4 is 0 Å². The van der Waals surface area contributed by atoms with E-state index in [1.807, 2.05) is 0 Å². The maximum atomic E-state index is 13.0. The van der Waals surface area contributed by atoms with Crippen LogP contribution in [0, 0.1) is 5.41 Å². The van der Waals surface area contributed by atoms with Gasteiger partial charge in [0.05, 0.1) is 6.61 Å². The molecule has 0 aromatic rings. The van der Waals surface area contributed by atoms with Crippen molar-refractivity contribution in [1.82, 2.24) is 4.90 Å². The third kappa shape index (κ3) is 1.27.